The third kappa shape index (κ3) is 2.27. The topological polar surface area (TPSA) is 29.9 Å². The summed E-state index contributed by atoms with van der Waals surface area (Å²) in [5.74, 6) is 0.829. The summed E-state index contributed by atoms with van der Waals surface area (Å²) in [6.45, 7) is 2.60. The zero-order chi connectivity index (χ0) is 14.1. The number of nitrogens with zero attached hydrogens (tertiary/aromatic N) is 1. The lowest BCUT2D eigenvalue weighted by Gasteiger charge is -2.11. The smallest absolute Gasteiger partial charge is 0.182 e. The minimum Gasteiger partial charge on any atom is -0.492 e. The Morgan fingerprint density at radius 1 is 1.25 bits per heavy atom. The maximum Gasteiger partial charge on any atom is 0.182 e. The molecule has 20 heavy (non-hydrogen) atoms. The number of hydrogen-bond donors (Lipinski definition) is 1. The van der Waals surface area contributed by atoms with Crippen molar-refractivity contribution in [1.82, 2.24) is 9.55 Å². The molecule has 0 unspecified atom stereocenters. The number of H-pyrrole nitrogens is 1. The number of nitrogens with one attached hydrogen (secondary N) is 1. The Labute approximate surface area is 130 Å². The Morgan fingerprint density at radius 3 is 2.85 bits per heavy atom. The molecule has 1 heterocycles. The standard InChI is InChI=1S/C15H13BrN2OS/c1-2-19-14-6-4-3-5-13(14)18-12-8-7-10(16)9-11(12)17-15(18)20/h3-9H,2H2,1H3,(H,17,20). The lowest BCUT2D eigenvalue weighted by atomic mass is 10.2. The fraction of sp³-hybridized carbons (Fsp3) is 0.133. The summed E-state index contributed by atoms with van der Waals surface area (Å²) in [5, 5.41) is 0. The zero-order valence-corrected chi connectivity index (χ0v) is 13.3. The van der Waals surface area contributed by atoms with Crippen LogP contribution >= 0.6 is 28.1 Å². The van der Waals surface area contributed by atoms with Gasteiger partial charge in [0.2, 0.25) is 0 Å². The maximum absolute atomic E-state index is 5.70. The Hall–Kier alpha value is -1.59. The molecule has 2 aromatic carbocycles. The van der Waals surface area contributed by atoms with Gasteiger partial charge in [0, 0.05) is 4.47 Å². The summed E-state index contributed by atoms with van der Waals surface area (Å²) < 4.78 is 9.38. The maximum atomic E-state index is 5.70. The fourth-order valence-corrected chi connectivity index (χ4v) is 2.91. The van der Waals surface area contributed by atoms with Crippen molar-refractivity contribution in [3.8, 4) is 11.4 Å². The van der Waals surface area contributed by atoms with Crippen LogP contribution in [-0.4, -0.2) is 16.2 Å². The monoisotopic (exact) mass is 348 g/mol. The summed E-state index contributed by atoms with van der Waals surface area (Å²) in [7, 11) is 0. The normalized spacial score (nSPS) is 10.9. The van der Waals surface area contributed by atoms with E-state index in [9.17, 15) is 0 Å². The van der Waals surface area contributed by atoms with Crippen LogP contribution in [-0.2, 0) is 0 Å². The summed E-state index contributed by atoms with van der Waals surface area (Å²) >= 11 is 8.93. The molecule has 0 aliphatic carbocycles. The number of rotatable bonds is 3. The van der Waals surface area contributed by atoms with Gasteiger partial charge in [-0.2, -0.15) is 0 Å². The molecule has 5 heteroatoms. The first-order chi connectivity index (χ1) is 9.70. The molecule has 3 rings (SSSR count). The third-order valence-electron chi connectivity index (χ3n) is 3.05. The summed E-state index contributed by atoms with van der Waals surface area (Å²) in [4.78, 5) is 3.23. The van der Waals surface area contributed by atoms with E-state index in [1.54, 1.807) is 0 Å². The molecule has 0 aliphatic heterocycles. The highest BCUT2D eigenvalue weighted by Gasteiger charge is 2.11. The van der Waals surface area contributed by atoms with Gasteiger partial charge in [0.15, 0.2) is 4.77 Å². The highest BCUT2D eigenvalue weighted by Crippen LogP contribution is 2.28. The largest absolute Gasteiger partial charge is 0.492 e. The Balaban J connectivity index is 2.30. The van der Waals surface area contributed by atoms with Crippen molar-refractivity contribution in [2.75, 3.05) is 6.61 Å². The van der Waals surface area contributed by atoms with Crippen LogP contribution in [0.2, 0.25) is 0 Å². The molecule has 0 saturated heterocycles. The quantitative estimate of drug-likeness (QED) is 0.685. The van der Waals surface area contributed by atoms with Gasteiger partial charge in [-0.1, -0.05) is 28.1 Å². The van der Waals surface area contributed by atoms with Gasteiger partial charge in [0.25, 0.3) is 0 Å². The van der Waals surface area contributed by atoms with Crippen LogP contribution in [0.25, 0.3) is 16.7 Å². The van der Waals surface area contributed by atoms with Gasteiger partial charge in [-0.3, -0.25) is 4.57 Å². The molecule has 0 saturated carbocycles. The second kappa shape index (κ2) is 5.42. The molecule has 1 N–H and O–H groups in total. The van der Waals surface area contributed by atoms with Gasteiger partial charge < -0.3 is 9.72 Å². The SMILES string of the molecule is CCOc1ccccc1-n1c(=S)[nH]c2cc(Br)ccc21. The van der Waals surface area contributed by atoms with E-state index in [1.807, 2.05) is 54.0 Å². The number of para-hydroxylation sites is 2. The molecule has 0 amide bonds. The summed E-state index contributed by atoms with van der Waals surface area (Å²) in [6.07, 6.45) is 0. The van der Waals surface area contributed by atoms with E-state index in [0.29, 0.717) is 11.4 Å². The van der Waals surface area contributed by atoms with Gasteiger partial charge >= 0.3 is 0 Å². The van der Waals surface area contributed by atoms with E-state index >= 15 is 0 Å². The van der Waals surface area contributed by atoms with Crippen molar-refractivity contribution in [1.29, 1.82) is 0 Å². The molecule has 0 aliphatic rings. The number of benzene rings is 2. The van der Waals surface area contributed by atoms with E-state index < -0.39 is 0 Å². The average Bonchev–Trinajstić information content (AvgIpc) is 2.75. The molecule has 0 fully saturated rings. The molecular formula is C15H13BrN2OS. The van der Waals surface area contributed by atoms with Gasteiger partial charge in [0.1, 0.15) is 5.75 Å². The van der Waals surface area contributed by atoms with Crippen LogP contribution in [0.15, 0.2) is 46.9 Å². The van der Waals surface area contributed by atoms with Crippen molar-refractivity contribution in [2.45, 2.75) is 6.92 Å². The molecule has 0 bridgehead atoms. The lowest BCUT2D eigenvalue weighted by molar-refractivity contribution is 0.339. The van der Waals surface area contributed by atoms with Crippen LogP contribution < -0.4 is 4.74 Å². The first-order valence-electron chi connectivity index (χ1n) is 6.33. The van der Waals surface area contributed by atoms with Gasteiger partial charge in [-0.15, -0.1) is 0 Å². The first kappa shape index (κ1) is 13.4. The average molecular weight is 349 g/mol. The van der Waals surface area contributed by atoms with Crippen molar-refractivity contribution < 1.29 is 4.74 Å². The predicted octanol–water partition coefficient (Wildman–Crippen LogP) is 4.85. The van der Waals surface area contributed by atoms with Crippen molar-refractivity contribution in [3.63, 3.8) is 0 Å². The van der Waals surface area contributed by atoms with E-state index in [2.05, 4.69) is 20.9 Å². The zero-order valence-electron chi connectivity index (χ0n) is 10.9. The number of halogens is 1. The summed E-state index contributed by atoms with van der Waals surface area (Å²) in [6, 6.07) is 14.0. The minimum atomic E-state index is 0.623. The number of imidazole rings is 1. The van der Waals surface area contributed by atoms with E-state index in [1.165, 1.54) is 0 Å². The van der Waals surface area contributed by atoms with Crippen molar-refractivity contribution in [3.05, 3.63) is 51.7 Å². The number of fused-ring (bicyclic) bond motifs is 1. The molecule has 3 aromatic rings. The molecular weight excluding hydrogens is 336 g/mol. The second-order valence-corrected chi connectivity index (χ2v) is 5.63. The second-order valence-electron chi connectivity index (χ2n) is 4.33. The van der Waals surface area contributed by atoms with Gasteiger partial charge in [-0.25, -0.2) is 0 Å². The summed E-state index contributed by atoms with van der Waals surface area (Å²) in [5.41, 5.74) is 2.98. The van der Waals surface area contributed by atoms with Crippen molar-refractivity contribution >= 4 is 39.2 Å². The number of aromatic amines is 1. The van der Waals surface area contributed by atoms with Crippen LogP contribution in [0.1, 0.15) is 6.92 Å². The van der Waals surface area contributed by atoms with Crippen LogP contribution in [0.3, 0.4) is 0 Å². The van der Waals surface area contributed by atoms with E-state index in [4.69, 9.17) is 17.0 Å². The molecule has 0 atom stereocenters. The van der Waals surface area contributed by atoms with Crippen LogP contribution in [0, 0.1) is 4.77 Å². The number of ether oxygens (including phenoxy) is 1. The molecule has 0 spiro atoms. The third-order valence-corrected chi connectivity index (χ3v) is 3.83. The minimum absolute atomic E-state index is 0.623. The van der Waals surface area contributed by atoms with Crippen LogP contribution in [0.5, 0.6) is 5.75 Å². The Bertz CT molecular complexity index is 822. The predicted molar refractivity (Wildman–Crippen MR) is 87.3 cm³/mol. The first-order valence-corrected chi connectivity index (χ1v) is 7.53. The number of aromatic nitrogens is 2. The molecule has 102 valence electrons. The Morgan fingerprint density at radius 2 is 2.05 bits per heavy atom. The molecule has 1 aromatic heterocycles. The molecule has 3 nitrogen and oxygen atoms in total. The molecule has 0 radical (unpaired) electrons. The Kier molecular flexibility index (Phi) is 3.63. The van der Waals surface area contributed by atoms with Gasteiger partial charge in [0.05, 0.1) is 23.3 Å². The number of hydrogen-bond acceptors (Lipinski definition) is 2. The van der Waals surface area contributed by atoms with E-state index in [0.717, 1.165) is 26.9 Å². The van der Waals surface area contributed by atoms with Gasteiger partial charge in [-0.05, 0) is 49.5 Å². The lowest BCUT2D eigenvalue weighted by Crippen LogP contribution is -2.00. The van der Waals surface area contributed by atoms with Crippen LogP contribution in [0.4, 0.5) is 0 Å². The van der Waals surface area contributed by atoms with E-state index in [-0.39, 0.29) is 0 Å². The highest BCUT2D eigenvalue weighted by atomic mass is 79.9. The fourth-order valence-electron chi connectivity index (χ4n) is 2.24. The van der Waals surface area contributed by atoms with Crippen molar-refractivity contribution in [2.24, 2.45) is 0 Å². The highest BCUT2D eigenvalue weighted by molar-refractivity contribution is 9.10.